The Kier molecular flexibility index (Phi) is 7.52. The van der Waals surface area contributed by atoms with E-state index in [4.69, 9.17) is 17.3 Å². The molecule has 0 aliphatic heterocycles. The zero-order valence-corrected chi connectivity index (χ0v) is 15.1. The normalized spacial score (nSPS) is 13.5. The van der Waals surface area contributed by atoms with Crippen LogP contribution in [-0.4, -0.2) is 13.1 Å². The molecule has 1 aromatic rings. The molecule has 0 saturated heterocycles. The lowest BCUT2D eigenvalue weighted by molar-refractivity contribution is 0.266. The highest BCUT2D eigenvalue weighted by Crippen LogP contribution is 2.27. The van der Waals surface area contributed by atoms with Crippen molar-refractivity contribution in [3.8, 4) is 0 Å². The molecule has 4 heteroatoms. The summed E-state index contributed by atoms with van der Waals surface area (Å²) in [5.74, 6) is 1.95. The standard InChI is InChI=1S/C16H26BrClN2/c1-10(2)14(11(3)4)9-20-16(8-19)13-7-12(18)5-6-15(13)17/h5-7,10-11,14,16,20H,8-9,19H2,1-4H3. The van der Waals surface area contributed by atoms with E-state index in [-0.39, 0.29) is 6.04 Å². The van der Waals surface area contributed by atoms with Crippen molar-refractivity contribution < 1.29 is 0 Å². The first-order valence-electron chi connectivity index (χ1n) is 7.25. The minimum absolute atomic E-state index is 0.128. The summed E-state index contributed by atoms with van der Waals surface area (Å²) in [6, 6.07) is 5.97. The Morgan fingerprint density at radius 1 is 1.20 bits per heavy atom. The molecule has 0 saturated carbocycles. The van der Waals surface area contributed by atoms with Gasteiger partial charge in [-0.25, -0.2) is 0 Å². The maximum absolute atomic E-state index is 6.09. The van der Waals surface area contributed by atoms with Crippen LogP contribution in [0.1, 0.15) is 39.3 Å². The van der Waals surface area contributed by atoms with Gasteiger partial charge < -0.3 is 11.1 Å². The highest BCUT2D eigenvalue weighted by atomic mass is 79.9. The third-order valence-corrected chi connectivity index (χ3v) is 4.84. The summed E-state index contributed by atoms with van der Waals surface area (Å²) in [6.45, 7) is 10.6. The third kappa shape index (κ3) is 5.03. The van der Waals surface area contributed by atoms with Crippen LogP contribution in [0.5, 0.6) is 0 Å². The molecule has 1 aromatic carbocycles. The average Bonchev–Trinajstić information content (AvgIpc) is 2.37. The molecule has 114 valence electrons. The van der Waals surface area contributed by atoms with Crippen LogP contribution in [0.2, 0.25) is 5.02 Å². The molecule has 0 heterocycles. The second-order valence-electron chi connectivity index (χ2n) is 6.01. The van der Waals surface area contributed by atoms with Crippen LogP contribution >= 0.6 is 27.5 Å². The fraction of sp³-hybridized carbons (Fsp3) is 0.625. The summed E-state index contributed by atoms with van der Waals surface area (Å²) < 4.78 is 1.05. The molecular formula is C16H26BrClN2. The van der Waals surface area contributed by atoms with Crippen LogP contribution in [0.15, 0.2) is 22.7 Å². The van der Waals surface area contributed by atoms with Crippen molar-refractivity contribution in [1.29, 1.82) is 0 Å². The lowest BCUT2D eigenvalue weighted by Gasteiger charge is -2.28. The molecule has 0 spiro atoms. The predicted octanol–water partition coefficient (Wildman–Crippen LogP) is 4.62. The summed E-state index contributed by atoms with van der Waals surface area (Å²) in [7, 11) is 0. The number of halogens is 2. The Bertz CT molecular complexity index is 413. The first-order valence-corrected chi connectivity index (χ1v) is 8.42. The maximum atomic E-state index is 6.09. The summed E-state index contributed by atoms with van der Waals surface area (Å²) in [5, 5.41) is 4.35. The van der Waals surface area contributed by atoms with Crippen molar-refractivity contribution in [3.63, 3.8) is 0 Å². The summed E-state index contributed by atoms with van der Waals surface area (Å²) in [4.78, 5) is 0. The number of hydrogen-bond acceptors (Lipinski definition) is 2. The fourth-order valence-electron chi connectivity index (χ4n) is 2.62. The number of rotatable bonds is 7. The average molecular weight is 362 g/mol. The Balaban J connectivity index is 2.79. The van der Waals surface area contributed by atoms with E-state index >= 15 is 0 Å². The van der Waals surface area contributed by atoms with Gasteiger partial charge in [-0.05, 0) is 48.1 Å². The van der Waals surface area contributed by atoms with Crippen molar-refractivity contribution in [3.05, 3.63) is 33.3 Å². The molecule has 2 nitrogen and oxygen atoms in total. The molecule has 0 bridgehead atoms. The molecule has 0 aliphatic carbocycles. The Hall–Kier alpha value is -0.0900. The summed E-state index contributed by atoms with van der Waals surface area (Å²) >= 11 is 9.67. The van der Waals surface area contributed by atoms with E-state index in [0.717, 1.165) is 21.6 Å². The first-order chi connectivity index (χ1) is 9.36. The zero-order valence-electron chi connectivity index (χ0n) is 12.8. The lowest BCUT2D eigenvalue weighted by atomic mass is 9.85. The van der Waals surface area contributed by atoms with E-state index in [1.165, 1.54) is 0 Å². The predicted molar refractivity (Wildman–Crippen MR) is 92.1 cm³/mol. The number of nitrogens with two attached hydrogens (primary N) is 1. The Labute approximate surface area is 136 Å². The highest BCUT2D eigenvalue weighted by Gasteiger charge is 2.20. The largest absolute Gasteiger partial charge is 0.329 e. The molecule has 3 N–H and O–H groups in total. The minimum Gasteiger partial charge on any atom is -0.329 e. The maximum Gasteiger partial charge on any atom is 0.0456 e. The van der Waals surface area contributed by atoms with Crippen LogP contribution in [0.3, 0.4) is 0 Å². The molecular weight excluding hydrogens is 336 g/mol. The van der Waals surface area contributed by atoms with E-state index in [1.807, 2.05) is 18.2 Å². The molecule has 1 rings (SSSR count). The van der Waals surface area contributed by atoms with Crippen LogP contribution in [0.4, 0.5) is 0 Å². The minimum atomic E-state index is 0.128. The summed E-state index contributed by atoms with van der Waals surface area (Å²) in [6.07, 6.45) is 0. The van der Waals surface area contributed by atoms with Gasteiger partial charge in [-0.2, -0.15) is 0 Å². The SMILES string of the molecule is CC(C)C(CNC(CN)c1cc(Cl)ccc1Br)C(C)C. The molecule has 0 amide bonds. The second kappa shape index (κ2) is 8.38. The molecule has 0 aromatic heterocycles. The Morgan fingerprint density at radius 2 is 1.80 bits per heavy atom. The van der Waals surface area contributed by atoms with Gasteiger partial charge in [0.25, 0.3) is 0 Å². The van der Waals surface area contributed by atoms with E-state index < -0.39 is 0 Å². The second-order valence-corrected chi connectivity index (χ2v) is 7.31. The van der Waals surface area contributed by atoms with Gasteiger partial charge in [-0.3, -0.25) is 0 Å². The van der Waals surface area contributed by atoms with Crippen molar-refractivity contribution in [2.24, 2.45) is 23.5 Å². The highest BCUT2D eigenvalue weighted by molar-refractivity contribution is 9.10. The molecule has 1 atom stereocenters. The number of nitrogens with one attached hydrogen (secondary N) is 1. The van der Waals surface area contributed by atoms with E-state index in [0.29, 0.717) is 24.3 Å². The molecule has 0 aliphatic rings. The van der Waals surface area contributed by atoms with Gasteiger partial charge in [-0.1, -0.05) is 55.2 Å². The van der Waals surface area contributed by atoms with Crippen molar-refractivity contribution in [2.75, 3.05) is 13.1 Å². The zero-order chi connectivity index (χ0) is 15.3. The smallest absolute Gasteiger partial charge is 0.0456 e. The van der Waals surface area contributed by atoms with Gasteiger partial charge in [0.15, 0.2) is 0 Å². The van der Waals surface area contributed by atoms with Gasteiger partial charge >= 0.3 is 0 Å². The number of hydrogen-bond donors (Lipinski definition) is 2. The van der Waals surface area contributed by atoms with Gasteiger partial charge in [-0.15, -0.1) is 0 Å². The van der Waals surface area contributed by atoms with Crippen LogP contribution in [0.25, 0.3) is 0 Å². The van der Waals surface area contributed by atoms with Gasteiger partial charge in [0.2, 0.25) is 0 Å². The lowest BCUT2D eigenvalue weighted by Crippen LogP contribution is -2.35. The number of benzene rings is 1. The van der Waals surface area contributed by atoms with E-state index in [2.05, 4.69) is 48.9 Å². The van der Waals surface area contributed by atoms with Crippen molar-refractivity contribution in [1.82, 2.24) is 5.32 Å². The Morgan fingerprint density at radius 3 is 2.30 bits per heavy atom. The van der Waals surface area contributed by atoms with Crippen LogP contribution in [0, 0.1) is 17.8 Å². The quantitative estimate of drug-likeness (QED) is 0.743. The fourth-order valence-corrected chi connectivity index (χ4v) is 3.32. The van der Waals surface area contributed by atoms with E-state index in [9.17, 15) is 0 Å². The van der Waals surface area contributed by atoms with E-state index in [1.54, 1.807) is 0 Å². The first kappa shape index (κ1) is 18.0. The molecule has 20 heavy (non-hydrogen) atoms. The summed E-state index contributed by atoms with van der Waals surface area (Å²) in [5.41, 5.74) is 7.07. The molecule has 1 unspecified atom stereocenters. The van der Waals surface area contributed by atoms with Crippen LogP contribution in [-0.2, 0) is 0 Å². The monoisotopic (exact) mass is 360 g/mol. The third-order valence-electron chi connectivity index (χ3n) is 3.88. The van der Waals surface area contributed by atoms with Crippen LogP contribution < -0.4 is 11.1 Å². The molecule has 0 radical (unpaired) electrons. The van der Waals surface area contributed by atoms with Gasteiger partial charge in [0.05, 0.1) is 0 Å². The van der Waals surface area contributed by atoms with Crippen molar-refractivity contribution in [2.45, 2.75) is 33.7 Å². The topological polar surface area (TPSA) is 38.0 Å². The molecule has 0 fully saturated rings. The van der Waals surface area contributed by atoms with Gasteiger partial charge in [0.1, 0.15) is 0 Å². The van der Waals surface area contributed by atoms with Gasteiger partial charge in [0, 0.05) is 22.1 Å². The van der Waals surface area contributed by atoms with Crippen molar-refractivity contribution >= 4 is 27.5 Å².